The van der Waals surface area contributed by atoms with Gasteiger partial charge in [0, 0.05) is 0 Å². The summed E-state index contributed by atoms with van der Waals surface area (Å²) in [5, 5.41) is 19.6. The molecule has 0 bridgehead atoms. The zero-order valence-corrected chi connectivity index (χ0v) is 16.2. The Bertz CT molecular complexity index is 766. The van der Waals surface area contributed by atoms with Crippen LogP contribution in [0.1, 0.15) is 5.56 Å². The van der Waals surface area contributed by atoms with E-state index in [-0.39, 0.29) is 10.5 Å². The van der Waals surface area contributed by atoms with E-state index in [2.05, 4.69) is 0 Å². The van der Waals surface area contributed by atoms with Crippen molar-refractivity contribution in [2.45, 2.75) is 11.0 Å². The van der Waals surface area contributed by atoms with Gasteiger partial charge >= 0.3 is 0 Å². The van der Waals surface area contributed by atoms with Crippen molar-refractivity contribution in [2.75, 3.05) is 65.6 Å². The minimum Gasteiger partial charge on any atom is -0.382 e. The average Bonchev–Trinajstić information content (AvgIpc) is 2.69. The maximum absolute atomic E-state index is 12.9. The number of nitrogens with one attached hydrogen (secondary N) is 2. The Morgan fingerprint density at radius 2 is 1.70 bits per heavy atom. The highest BCUT2D eigenvalue weighted by atomic mass is 32.2. The second kappa shape index (κ2) is 9.10. The molecule has 0 amide bonds. The molecule has 0 unspecified atom stereocenters. The number of hydrogen-bond donors (Lipinski definition) is 3. The summed E-state index contributed by atoms with van der Waals surface area (Å²) >= 11 is 0. The number of aliphatic hydroxyl groups is 1. The lowest BCUT2D eigenvalue weighted by atomic mass is 10.2. The van der Waals surface area contributed by atoms with Crippen LogP contribution in [0.25, 0.3) is 0 Å². The van der Waals surface area contributed by atoms with Gasteiger partial charge in [-0.1, -0.05) is 12.1 Å². The fraction of sp³-hybridized carbons (Fsp3) is 0.611. The Kier molecular flexibility index (Phi) is 6.81. The fourth-order valence-electron chi connectivity index (χ4n) is 3.77. The number of nitriles is 1. The first-order valence-corrected chi connectivity index (χ1v) is 10.9. The van der Waals surface area contributed by atoms with E-state index >= 15 is 0 Å². The molecule has 2 fully saturated rings. The molecule has 8 nitrogen and oxygen atoms in total. The predicted molar refractivity (Wildman–Crippen MR) is 97.9 cm³/mol. The van der Waals surface area contributed by atoms with Gasteiger partial charge in [0.2, 0.25) is 10.0 Å². The highest BCUT2D eigenvalue weighted by molar-refractivity contribution is 7.89. The number of quaternary nitrogens is 2. The molecule has 0 saturated carbocycles. The molecule has 0 spiro atoms. The summed E-state index contributed by atoms with van der Waals surface area (Å²) in [7, 11) is -3.66. The number of sulfonamides is 1. The third kappa shape index (κ3) is 5.04. The third-order valence-corrected chi connectivity index (χ3v) is 7.26. The number of aliphatic hydroxyl groups excluding tert-OH is 1. The molecule has 148 valence electrons. The third-order valence-electron chi connectivity index (χ3n) is 5.30. The van der Waals surface area contributed by atoms with Crippen molar-refractivity contribution in [3.8, 4) is 6.07 Å². The van der Waals surface area contributed by atoms with Crippen molar-refractivity contribution < 1.29 is 28.1 Å². The van der Waals surface area contributed by atoms with Gasteiger partial charge in [0.25, 0.3) is 0 Å². The smallest absolute Gasteiger partial charge is 0.244 e. The first-order valence-electron chi connectivity index (χ1n) is 9.43. The van der Waals surface area contributed by atoms with Crippen LogP contribution in [0.5, 0.6) is 0 Å². The lowest BCUT2D eigenvalue weighted by molar-refractivity contribution is -0.930. The minimum absolute atomic E-state index is 0.0758. The SMILES string of the molecule is N#Cc1ccccc1S(=O)(=O)N1CC[NH+](C[C@@H](O)C[NH+]2CCOCC2)CC1. The Labute approximate surface area is 160 Å². The van der Waals surface area contributed by atoms with Crippen molar-refractivity contribution in [1.82, 2.24) is 4.31 Å². The van der Waals surface area contributed by atoms with Crippen LogP contribution in [-0.2, 0) is 14.8 Å². The number of ether oxygens (including phenoxy) is 1. The van der Waals surface area contributed by atoms with E-state index in [4.69, 9.17) is 4.74 Å². The summed E-state index contributed by atoms with van der Waals surface area (Å²) in [4.78, 5) is 2.66. The normalized spacial score (nSPS) is 21.6. The van der Waals surface area contributed by atoms with Gasteiger partial charge in [0.05, 0.1) is 49.9 Å². The number of morpholine rings is 1. The summed E-state index contributed by atoms with van der Waals surface area (Å²) in [5.74, 6) is 0. The van der Waals surface area contributed by atoms with Crippen molar-refractivity contribution in [3.05, 3.63) is 29.8 Å². The highest BCUT2D eigenvalue weighted by Crippen LogP contribution is 2.19. The van der Waals surface area contributed by atoms with E-state index in [1.165, 1.54) is 26.2 Å². The molecule has 3 N–H and O–H groups in total. The van der Waals surface area contributed by atoms with Crippen molar-refractivity contribution >= 4 is 10.0 Å². The van der Waals surface area contributed by atoms with E-state index in [1.54, 1.807) is 12.1 Å². The van der Waals surface area contributed by atoms with Crippen molar-refractivity contribution in [3.63, 3.8) is 0 Å². The molecule has 0 aromatic heterocycles. The molecule has 1 aromatic carbocycles. The topological polar surface area (TPSA) is 99.5 Å². The number of hydrogen-bond acceptors (Lipinski definition) is 5. The van der Waals surface area contributed by atoms with Crippen LogP contribution in [-0.4, -0.2) is 89.5 Å². The second-order valence-electron chi connectivity index (χ2n) is 7.19. The molecule has 1 atom stereocenters. The Morgan fingerprint density at radius 1 is 1.11 bits per heavy atom. The molecule has 1 aromatic rings. The number of benzene rings is 1. The highest BCUT2D eigenvalue weighted by Gasteiger charge is 2.33. The van der Waals surface area contributed by atoms with Crippen LogP contribution in [0.3, 0.4) is 0 Å². The van der Waals surface area contributed by atoms with Crippen LogP contribution in [0, 0.1) is 11.3 Å². The van der Waals surface area contributed by atoms with Gasteiger partial charge in [-0.05, 0) is 12.1 Å². The zero-order chi connectivity index (χ0) is 19.3. The zero-order valence-electron chi connectivity index (χ0n) is 15.4. The van der Waals surface area contributed by atoms with Crippen molar-refractivity contribution in [2.24, 2.45) is 0 Å². The molecule has 0 aliphatic carbocycles. The van der Waals surface area contributed by atoms with Crippen LogP contribution in [0.15, 0.2) is 29.2 Å². The van der Waals surface area contributed by atoms with Crippen LogP contribution in [0.2, 0.25) is 0 Å². The number of nitrogens with zero attached hydrogens (tertiary/aromatic N) is 2. The van der Waals surface area contributed by atoms with Gasteiger partial charge in [-0.25, -0.2) is 8.42 Å². The molecular weight excluding hydrogens is 368 g/mol. The number of piperazine rings is 1. The van der Waals surface area contributed by atoms with Crippen LogP contribution >= 0.6 is 0 Å². The van der Waals surface area contributed by atoms with E-state index in [1.807, 2.05) is 6.07 Å². The minimum atomic E-state index is -3.66. The largest absolute Gasteiger partial charge is 0.382 e. The monoisotopic (exact) mass is 396 g/mol. The maximum atomic E-state index is 12.9. The molecule has 2 saturated heterocycles. The van der Waals surface area contributed by atoms with Gasteiger partial charge in [-0.15, -0.1) is 0 Å². The van der Waals surface area contributed by atoms with Gasteiger partial charge in [0.15, 0.2) is 6.10 Å². The Hall–Kier alpha value is -1.54. The van der Waals surface area contributed by atoms with E-state index < -0.39 is 16.1 Å². The second-order valence-corrected chi connectivity index (χ2v) is 9.09. The van der Waals surface area contributed by atoms with E-state index in [9.17, 15) is 18.8 Å². The molecule has 2 aliphatic heterocycles. The molecule has 2 aliphatic rings. The average molecular weight is 397 g/mol. The summed E-state index contributed by atoms with van der Waals surface area (Å²) in [5.41, 5.74) is 0.177. The molecule has 0 radical (unpaired) electrons. The van der Waals surface area contributed by atoms with Crippen LogP contribution in [0.4, 0.5) is 0 Å². The molecule has 2 heterocycles. The first kappa shape index (κ1) is 20.2. The molecule has 3 rings (SSSR count). The van der Waals surface area contributed by atoms with Gasteiger partial charge in [-0.2, -0.15) is 9.57 Å². The van der Waals surface area contributed by atoms with Gasteiger partial charge in [0.1, 0.15) is 32.2 Å². The number of rotatable bonds is 6. The predicted octanol–water partition coefficient (Wildman–Crippen LogP) is -3.28. The Morgan fingerprint density at radius 3 is 2.33 bits per heavy atom. The van der Waals surface area contributed by atoms with E-state index in [0.717, 1.165) is 26.3 Å². The van der Waals surface area contributed by atoms with Crippen molar-refractivity contribution in [1.29, 1.82) is 5.26 Å². The quantitative estimate of drug-likeness (QED) is 0.469. The first-order chi connectivity index (χ1) is 13.0. The Balaban J connectivity index is 1.53. The summed E-state index contributed by atoms with van der Waals surface area (Å²) in [6, 6.07) is 8.28. The molecule has 9 heteroatoms. The maximum Gasteiger partial charge on any atom is 0.244 e. The molecule has 27 heavy (non-hydrogen) atoms. The summed E-state index contributed by atoms with van der Waals surface area (Å²) in [6.45, 7) is 6.80. The molecular formula is C18H28N4O4S+2. The van der Waals surface area contributed by atoms with Gasteiger partial charge in [-0.3, -0.25) is 0 Å². The lowest BCUT2D eigenvalue weighted by Gasteiger charge is -2.33. The fourth-order valence-corrected chi connectivity index (χ4v) is 5.36. The van der Waals surface area contributed by atoms with Crippen LogP contribution < -0.4 is 9.80 Å². The standard InChI is InChI=1S/C18H26N4O4S/c19-13-16-3-1-2-4-18(16)27(24,25)22-7-5-20(6-8-22)14-17(23)15-21-9-11-26-12-10-21/h1-4,17,23H,5-12,14-15H2/p+2/t17-/m1/s1. The van der Waals surface area contributed by atoms with E-state index in [0.29, 0.717) is 39.3 Å². The lowest BCUT2D eigenvalue weighted by Crippen LogP contribution is -3.19. The summed E-state index contributed by atoms with van der Waals surface area (Å²) < 4.78 is 32.5. The summed E-state index contributed by atoms with van der Waals surface area (Å²) in [6.07, 6.45) is -0.393. The van der Waals surface area contributed by atoms with Gasteiger partial charge < -0.3 is 19.6 Å².